The normalized spacial score (nSPS) is 13.7. The fraction of sp³-hybridized carbons (Fsp3) is 0.375. The average molecular weight is 524 g/mol. The average Bonchev–Trinajstić information content (AvgIpc) is 3.35. The molecule has 0 saturated carbocycles. The van der Waals surface area contributed by atoms with Crippen LogP contribution in [0.15, 0.2) is 47.5 Å². The second-order valence-corrected chi connectivity index (χ2v) is 9.41. The molecule has 34 heavy (non-hydrogen) atoms. The number of nitrogens with one attached hydrogen (secondary N) is 2. The van der Waals surface area contributed by atoms with Gasteiger partial charge in [-0.15, -0.1) is 0 Å². The highest BCUT2D eigenvalue weighted by atomic mass is 35.5. The van der Waals surface area contributed by atoms with E-state index >= 15 is 0 Å². The van der Waals surface area contributed by atoms with Gasteiger partial charge in [-0.1, -0.05) is 53.2 Å². The topological polar surface area (TPSA) is 89.0 Å². The number of amides is 1. The Bertz CT molecular complexity index is 998. The summed E-state index contributed by atoms with van der Waals surface area (Å²) >= 11 is 14.0. The highest BCUT2D eigenvalue weighted by molar-refractivity contribution is 8.14. The van der Waals surface area contributed by atoms with Crippen LogP contribution in [0.1, 0.15) is 28.8 Å². The van der Waals surface area contributed by atoms with Crippen molar-refractivity contribution in [3.63, 3.8) is 0 Å². The monoisotopic (exact) mass is 523 g/mol. The molecule has 1 heterocycles. The van der Waals surface area contributed by atoms with Crippen LogP contribution in [0.5, 0.6) is 5.75 Å². The number of esters is 1. The summed E-state index contributed by atoms with van der Waals surface area (Å²) in [4.78, 5) is 29.4. The van der Waals surface area contributed by atoms with Crippen molar-refractivity contribution in [2.75, 3.05) is 32.6 Å². The Morgan fingerprint density at radius 1 is 1.12 bits per heavy atom. The van der Waals surface area contributed by atoms with Gasteiger partial charge in [0.2, 0.25) is 0 Å². The molecule has 1 atom stereocenters. The Morgan fingerprint density at radius 3 is 2.50 bits per heavy atom. The van der Waals surface area contributed by atoms with Gasteiger partial charge in [-0.05, 0) is 42.7 Å². The lowest BCUT2D eigenvalue weighted by Crippen LogP contribution is -2.43. The predicted octanol–water partition coefficient (Wildman–Crippen LogP) is 4.36. The van der Waals surface area contributed by atoms with E-state index in [2.05, 4.69) is 15.6 Å². The van der Waals surface area contributed by atoms with E-state index in [0.717, 1.165) is 48.2 Å². The molecule has 0 unspecified atom stereocenters. The Hall–Kier alpha value is -2.42. The Kier molecular flexibility index (Phi) is 10.4. The first kappa shape index (κ1) is 26.2. The maximum atomic E-state index is 12.7. The molecule has 0 saturated heterocycles. The zero-order chi connectivity index (χ0) is 24.3. The number of benzene rings is 2. The van der Waals surface area contributed by atoms with Crippen molar-refractivity contribution in [3.05, 3.63) is 63.6 Å². The van der Waals surface area contributed by atoms with Gasteiger partial charge < -0.3 is 20.1 Å². The molecule has 182 valence electrons. The minimum Gasteiger partial charge on any atom is -0.494 e. The minimum absolute atomic E-state index is 0.119. The van der Waals surface area contributed by atoms with Crippen LogP contribution >= 0.6 is 35.0 Å². The number of unbranched alkanes of at least 4 members (excludes halogenated alkanes) is 1. The Labute approximate surface area is 213 Å². The van der Waals surface area contributed by atoms with Crippen LogP contribution in [-0.4, -0.2) is 55.6 Å². The third-order valence-electron chi connectivity index (χ3n) is 5.05. The van der Waals surface area contributed by atoms with Crippen LogP contribution < -0.4 is 15.4 Å². The summed E-state index contributed by atoms with van der Waals surface area (Å²) in [5, 5.41) is 7.44. The standard InChI is InChI=1S/C24H27Cl2N3O4S/c1-32-23(31)20(29-22(30)21-18(25)5-4-6-19(21)26)15-16-7-9-17(10-8-16)33-13-3-2-11-27-24-28-12-14-34-24/h4-10,20H,2-3,11-15H2,1H3,(H,27,28)(H,29,30)/t20-/m0/s1. The number of halogens is 2. The molecule has 0 aromatic heterocycles. The van der Waals surface area contributed by atoms with Crippen LogP contribution in [0.3, 0.4) is 0 Å². The summed E-state index contributed by atoms with van der Waals surface area (Å²) in [7, 11) is 1.27. The van der Waals surface area contributed by atoms with Crippen LogP contribution in [0, 0.1) is 0 Å². The molecule has 1 aliphatic rings. The van der Waals surface area contributed by atoms with E-state index in [9.17, 15) is 9.59 Å². The molecule has 1 amide bonds. The number of thioether (sulfide) groups is 1. The van der Waals surface area contributed by atoms with Crippen molar-refractivity contribution in [3.8, 4) is 5.75 Å². The number of hydrogen-bond acceptors (Lipinski definition) is 7. The molecule has 1 aliphatic heterocycles. The predicted molar refractivity (Wildman–Crippen MR) is 137 cm³/mol. The maximum Gasteiger partial charge on any atom is 0.328 e. The largest absolute Gasteiger partial charge is 0.494 e. The number of nitrogens with zero attached hydrogens (tertiary/aromatic N) is 1. The van der Waals surface area contributed by atoms with E-state index in [4.69, 9.17) is 32.7 Å². The summed E-state index contributed by atoms with van der Waals surface area (Å²) in [5.41, 5.74) is 0.959. The molecule has 0 bridgehead atoms. The number of methoxy groups -OCH3 is 1. The molecular weight excluding hydrogens is 497 g/mol. The molecule has 2 aromatic rings. The molecule has 10 heteroatoms. The molecule has 7 nitrogen and oxygen atoms in total. The molecule has 3 rings (SSSR count). The zero-order valence-corrected chi connectivity index (χ0v) is 21.1. The van der Waals surface area contributed by atoms with Crippen molar-refractivity contribution >= 4 is 52.0 Å². The van der Waals surface area contributed by atoms with Gasteiger partial charge >= 0.3 is 5.97 Å². The lowest BCUT2D eigenvalue weighted by Gasteiger charge is -2.18. The van der Waals surface area contributed by atoms with Crippen LogP contribution in [0.2, 0.25) is 10.0 Å². The first-order valence-electron chi connectivity index (χ1n) is 10.9. The van der Waals surface area contributed by atoms with Crippen molar-refractivity contribution in [1.82, 2.24) is 10.6 Å². The molecule has 2 N–H and O–H groups in total. The Balaban J connectivity index is 1.48. The number of aliphatic imine (C=N–C) groups is 1. The number of ether oxygens (including phenoxy) is 2. The Morgan fingerprint density at radius 2 is 1.85 bits per heavy atom. The molecular formula is C24H27Cl2N3O4S. The van der Waals surface area contributed by atoms with E-state index < -0.39 is 17.9 Å². The van der Waals surface area contributed by atoms with Gasteiger partial charge in [-0.2, -0.15) is 0 Å². The molecule has 0 fully saturated rings. The van der Waals surface area contributed by atoms with E-state index in [0.29, 0.717) is 6.61 Å². The summed E-state index contributed by atoms with van der Waals surface area (Å²) in [6.07, 6.45) is 2.16. The summed E-state index contributed by atoms with van der Waals surface area (Å²) < 4.78 is 10.7. The van der Waals surface area contributed by atoms with Crippen molar-refractivity contribution in [2.24, 2.45) is 4.99 Å². The van der Waals surface area contributed by atoms with E-state index in [-0.39, 0.29) is 22.0 Å². The number of carbonyl (C=O) groups is 2. The number of hydrogen-bond donors (Lipinski definition) is 2. The number of rotatable bonds is 11. The first-order valence-corrected chi connectivity index (χ1v) is 12.7. The fourth-order valence-corrected chi connectivity index (χ4v) is 4.62. The highest BCUT2D eigenvalue weighted by Gasteiger charge is 2.25. The molecule has 0 aliphatic carbocycles. The second kappa shape index (κ2) is 13.5. The van der Waals surface area contributed by atoms with Gasteiger partial charge in [0.25, 0.3) is 5.91 Å². The van der Waals surface area contributed by atoms with Gasteiger partial charge in [0.05, 0.1) is 35.9 Å². The molecule has 2 aromatic carbocycles. The minimum atomic E-state index is -0.897. The van der Waals surface area contributed by atoms with E-state index in [1.807, 2.05) is 24.3 Å². The van der Waals surface area contributed by atoms with Gasteiger partial charge in [-0.25, -0.2) is 4.79 Å². The molecule has 0 spiro atoms. The summed E-state index contributed by atoms with van der Waals surface area (Å²) in [6.45, 7) is 2.39. The smallest absolute Gasteiger partial charge is 0.328 e. The zero-order valence-electron chi connectivity index (χ0n) is 18.8. The SMILES string of the molecule is COC(=O)[C@H](Cc1ccc(OCCCCNC2=NCCS2)cc1)NC(=O)c1c(Cl)cccc1Cl. The summed E-state index contributed by atoms with van der Waals surface area (Å²) in [5.74, 6) is 0.699. The van der Waals surface area contributed by atoms with Crippen LogP contribution in [-0.2, 0) is 16.0 Å². The third kappa shape index (κ3) is 7.82. The number of amidine groups is 1. The highest BCUT2D eigenvalue weighted by Crippen LogP contribution is 2.24. The van der Waals surface area contributed by atoms with Gasteiger partial charge in [0.1, 0.15) is 11.8 Å². The van der Waals surface area contributed by atoms with Crippen molar-refractivity contribution in [2.45, 2.75) is 25.3 Å². The lowest BCUT2D eigenvalue weighted by molar-refractivity contribution is -0.142. The third-order valence-corrected chi connectivity index (χ3v) is 6.61. The fourth-order valence-electron chi connectivity index (χ4n) is 3.29. The maximum absolute atomic E-state index is 12.7. The number of carbonyl (C=O) groups excluding carboxylic acids is 2. The van der Waals surface area contributed by atoms with E-state index in [1.54, 1.807) is 30.0 Å². The quantitative estimate of drug-likeness (QED) is 0.336. The van der Waals surface area contributed by atoms with E-state index in [1.165, 1.54) is 7.11 Å². The first-order chi connectivity index (χ1) is 16.5. The van der Waals surface area contributed by atoms with Crippen LogP contribution in [0.4, 0.5) is 0 Å². The van der Waals surface area contributed by atoms with Gasteiger partial charge in [-0.3, -0.25) is 9.79 Å². The van der Waals surface area contributed by atoms with Crippen molar-refractivity contribution < 1.29 is 19.1 Å². The van der Waals surface area contributed by atoms with Crippen LogP contribution in [0.25, 0.3) is 0 Å². The second-order valence-electron chi connectivity index (χ2n) is 7.51. The summed E-state index contributed by atoms with van der Waals surface area (Å²) in [6, 6.07) is 11.3. The van der Waals surface area contributed by atoms with Crippen molar-refractivity contribution in [1.29, 1.82) is 0 Å². The van der Waals surface area contributed by atoms with Gasteiger partial charge in [0, 0.05) is 18.7 Å². The molecule has 0 radical (unpaired) electrons. The lowest BCUT2D eigenvalue weighted by atomic mass is 10.0. The van der Waals surface area contributed by atoms with Gasteiger partial charge in [0.15, 0.2) is 5.17 Å².